The Morgan fingerprint density at radius 2 is 2.15 bits per heavy atom. The van der Waals surface area contributed by atoms with E-state index in [-0.39, 0.29) is 0 Å². The molecule has 0 aliphatic rings. The molecule has 0 aliphatic carbocycles. The molecule has 0 saturated heterocycles. The molecule has 0 saturated carbocycles. The van der Waals surface area contributed by atoms with Gasteiger partial charge < -0.3 is 15.2 Å². The Morgan fingerprint density at radius 1 is 1.30 bits per heavy atom. The maximum absolute atomic E-state index is 9.77. The number of ether oxygens (including phenoxy) is 1. The summed E-state index contributed by atoms with van der Waals surface area (Å²) in [4.78, 5) is 0. The molecule has 0 fully saturated rings. The van der Waals surface area contributed by atoms with Gasteiger partial charge in [-0.15, -0.1) is 0 Å². The lowest BCUT2D eigenvalue weighted by Gasteiger charge is -2.12. The number of aliphatic hydroxyl groups is 1. The monoisotopic (exact) mass is 299 g/mol. The van der Waals surface area contributed by atoms with Crippen LogP contribution in [-0.4, -0.2) is 31.0 Å². The second-order valence-corrected chi connectivity index (χ2v) is 5.49. The largest absolute Gasteiger partial charge is 0.389 e. The van der Waals surface area contributed by atoms with Gasteiger partial charge in [-0.1, -0.05) is 49.9 Å². The van der Waals surface area contributed by atoms with E-state index in [1.54, 1.807) is 0 Å². The second-order valence-electron chi connectivity index (χ2n) is 5.05. The minimum Gasteiger partial charge on any atom is -0.389 e. The van der Waals surface area contributed by atoms with Gasteiger partial charge in [-0.2, -0.15) is 0 Å². The second kappa shape index (κ2) is 11.1. The molecule has 4 heteroatoms. The van der Waals surface area contributed by atoms with Crippen LogP contribution in [0.4, 0.5) is 0 Å². The molecule has 20 heavy (non-hydrogen) atoms. The Kier molecular flexibility index (Phi) is 9.67. The van der Waals surface area contributed by atoms with Crippen molar-refractivity contribution in [3.8, 4) is 0 Å². The van der Waals surface area contributed by atoms with Crippen molar-refractivity contribution in [3.63, 3.8) is 0 Å². The van der Waals surface area contributed by atoms with Crippen LogP contribution in [0.2, 0.25) is 5.02 Å². The van der Waals surface area contributed by atoms with Gasteiger partial charge in [0.25, 0.3) is 0 Å². The lowest BCUT2D eigenvalue weighted by molar-refractivity contribution is 0.0353. The zero-order chi connectivity index (χ0) is 14.6. The number of benzene rings is 1. The molecule has 0 aromatic heterocycles. The van der Waals surface area contributed by atoms with E-state index < -0.39 is 6.10 Å². The van der Waals surface area contributed by atoms with Crippen LogP contribution >= 0.6 is 11.6 Å². The molecule has 0 heterocycles. The van der Waals surface area contributed by atoms with Gasteiger partial charge in [0.2, 0.25) is 0 Å². The molecule has 3 nitrogen and oxygen atoms in total. The number of rotatable bonds is 11. The topological polar surface area (TPSA) is 41.5 Å². The Balaban J connectivity index is 2.01. The smallest absolute Gasteiger partial charge is 0.0897 e. The summed E-state index contributed by atoms with van der Waals surface area (Å²) in [6.45, 7) is 4.56. The molecule has 0 aliphatic heterocycles. The molecule has 0 amide bonds. The molecule has 1 aromatic carbocycles. The third-order valence-corrected chi connectivity index (χ3v) is 3.29. The summed E-state index contributed by atoms with van der Waals surface area (Å²) in [5.41, 5.74) is 1.12. The summed E-state index contributed by atoms with van der Waals surface area (Å²) in [6.07, 6.45) is 4.32. The van der Waals surface area contributed by atoms with Crippen LogP contribution in [0.25, 0.3) is 0 Å². The molecule has 0 bridgehead atoms. The van der Waals surface area contributed by atoms with E-state index >= 15 is 0 Å². The van der Waals surface area contributed by atoms with Gasteiger partial charge in [0.05, 0.1) is 12.7 Å². The fourth-order valence-electron chi connectivity index (χ4n) is 1.94. The minimum atomic E-state index is -0.458. The minimum absolute atomic E-state index is 0.397. The van der Waals surface area contributed by atoms with E-state index in [0.29, 0.717) is 19.7 Å². The van der Waals surface area contributed by atoms with Crippen LogP contribution in [0.15, 0.2) is 24.3 Å². The summed E-state index contributed by atoms with van der Waals surface area (Å²) in [6, 6.07) is 7.71. The third-order valence-electron chi connectivity index (χ3n) is 3.05. The van der Waals surface area contributed by atoms with E-state index in [0.717, 1.165) is 23.6 Å². The standard InChI is InChI=1S/C16H26ClNO2/c1-2-3-4-5-9-20-13-16(19)12-18-11-14-7-6-8-15(17)10-14/h6-8,10,16,18-19H,2-5,9,11-13H2,1H3. The van der Waals surface area contributed by atoms with Crippen LogP contribution in [0.1, 0.15) is 38.2 Å². The molecule has 1 atom stereocenters. The van der Waals surface area contributed by atoms with Crippen molar-refractivity contribution in [3.05, 3.63) is 34.9 Å². The zero-order valence-corrected chi connectivity index (χ0v) is 13.0. The van der Waals surface area contributed by atoms with Crippen LogP contribution in [0, 0.1) is 0 Å². The van der Waals surface area contributed by atoms with Crippen LogP contribution in [0.5, 0.6) is 0 Å². The molecular formula is C16H26ClNO2. The number of hydrogen-bond acceptors (Lipinski definition) is 3. The zero-order valence-electron chi connectivity index (χ0n) is 12.3. The number of unbranched alkanes of at least 4 members (excludes halogenated alkanes) is 3. The molecule has 114 valence electrons. The summed E-state index contributed by atoms with van der Waals surface area (Å²) in [5.74, 6) is 0. The third kappa shape index (κ3) is 8.54. The highest BCUT2D eigenvalue weighted by Gasteiger charge is 2.03. The molecule has 0 radical (unpaired) electrons. The maximum Gasteiger partial charge on any atom is 0.0897 e. The highest BCUT2D eigenvalue weighted by atomic mass is 35.5. The van der Waals surface area contributed by atoms with E-state index in [9.17, 15) is 5.11 Å². The van der Waals surface area contributed by atoms with Gasteiger partial charge in [-0.05, 0) is 24.1 Å². The first-order valence-electron chi connectivity index (χ1n) is 7.43. The normalized spacial score (nSPS) is 12.6. The summed E-state index contributed by atoms with van der Waals surface area (Å²) in [5, 5.41) is 13.7. The van der Waals surface area contributed by atoms with E-state index in [1.165, 1.54) is 19.3 Å². The molecule has 2 N–H and O–H groups in total. The van der Waals surface area contributed by atoms with Gasteiger partial charge >= 0.3 is 0 Å². The molecular weight excluding hydrogens is 274 g/mol. The Morgan fingerprint density at radius 3 is 2.90 bits per heavy atom. The fourth-order valence-corrected chi connectivity index (χ4v) is 2.15. The highest BCUT2D eigenvalue weighted by Crippen LogP contribution is 2.10. The van der Waals surface area contributed by atoms with Gasteiger partial charge in [-0.25, -0.2) is 0 Å². The van der Waals surface area contributed by atoms with Crippen molar-refractivity contribution in [1.29, 1.82) is 0 Å². The van der Waals surface area contributed by atoms with Crippen molar-refractivity contribution in [2.24, 2.45) is 0 Å². The molecule has 1 unspecified atom stereocenters. The first-order valence-corrected chi connectivity index (χ1v) is 7.81. The quantitative estimate of drug-likeness (QED) is 0.616. The lowest BCUT2D eigenvalue weighted by Crippen LogP contribution is -2.30. The molecule has 0 spiro atoms. The molecule has 1 rings (SSSR count). The van der Waals surface area contributed by atoms with Gasteiger partial charge in [-0.3, -0.25) is 0 Å². The fraction of sp³-hybridized carbons (Fsp3) is 0.625. The van der Waals surface area contributed by atoms with Crippen LogP contribution in [0.3, 0.4) is 0 Å². The summed E-state index contributed by atoms with van der Waals surface area (Å²) >= 11 is 5.91. The maximum atomic E-state index is 9.77. The molecule has 1 aromatic rings. The Hall–Kier alpha value is -0.610. The summed E-state index contributed by atoms with van der Waals surface area (Å²) in [7, 11) is 0. The number of halogens is 1. The van der Waals surface area contributed by atoms with Gasteiger partial charge in [0.1, 0.15) is 0 Å². The first kappa shape index (κ1) is 17.4. The van der Waals surface area contributed by atoms with Crippen molar-refractivity contribution < 1.29 is 9.84 Å². The van der Waals surface area contributed by atoms with Crippen LogP contribution in [-0.2, 0) is 11.3 Å². The number of aliphatic hydroxyl groups excluding tert-OH is 1. The van der Waals surface area contributed by atoms with E-state index in [1.807, 2.05) is 24.3 Å². The van der Waals surface area contributed by atoms with Gasteiger partial charge in [0.15, 0.2) is 0 Å². The Bertz CT molecular complexity index is 360. The number of nitrogens with one attached hydrogen (secondary N) is 1. The first-order chi connectivity index (χ1) is 9.72. The summed E-state index contributed by atoms with van der Waals surface area (Å²) < 4.78 is 5.45. The SMILES string of the molecule is CCCCCCOCC(O)CNCc1cccc(Cl)c1. The predicted octanol–water partition coefficient (Wildman–Crippen LogP) is 3.39. The van der Waals surface area contributed by atoms with Crippen molar-refractivity contribution in [2.45, 2.75) is 45.3 Å². The number of hydrogen-bond donors (Lipinski definition) is 2. The van der Waals surface area contributed by atoms with Crippen molar-refractivity contribution in [2.75, 3.05) is 19.8 Å². The average molecular weight is 300 g/mol. The average Bonchev–Trinajstić information content (AvgIpc) is 2.43. The predicted molar refractivity (Wildman–Crippen MR) is 84.1 cm³/mol. The highest BCUT2D eigenvalue weighted by molar-refractivity contribution is 6.30. The van der Waals surface area contributed by atoms with Crippen molar-refractivity contribution in [1.82, 2.24) is 5.32 Å². The van der Waals surface area contributed by atoms with E-state index in [4.69, 9.17) is 16.3 Å². The van der Waals surface area contributed by atoms with Gasteiger partial charge in [0, 0.05) is 24.7 Å². The Labute approximate surface area is 127 Å². The van der Waals surface area contributed by atoms with Crippen LogP contribution < -0.4 is 5.32 Å². The van der Waals surface area contributed by atoms with Crippen molar-refractivity contribution >= 4 is 11.6 Å². The van der Waals surface area contributed by atoms with E-state index in [2.05, 4.69) is 12.2 Å². The lowest BCUT2D eigenvalue weighted by atomic mass is 10.2.